The summed E-state index contributed by atoms with van der Waals surface area (Å²) in [4.78, 5) is 35.3. The van der Waals surface area contributed by atoms with E-state index in [1.54, 1.807) is 38.1 Å². The molecule has 0 bridgehead atoms. The molecule has 0 spiro atoms. The second-order valence-electron chi connectivity index (χ2n) is 6.31. The van der Waals surface area contributed by atoms with Gasteiger partial charge in [-0.25, -0.2) is 4.79 Å². The Morgan fingerprint density at radius 3 is 2.50 bits per heavy atom. The predicted molar refractivity (Wildman–Crippen MR) is 105 cm³/mol. The molecule has 0 atom stereocenters. The Bertz CT molecular complexity index is 1090. The number of benzene rings is 3. The standard InChI is InChI=1S/C21H18N2O5/c1-13-10-11-18(23(26)27)20(14(13)2)22-19(24)12-28-21(25)17-9-5-7-15-6-3-4-8-16(15)17/h3-11H,12H2,1-2H3,(H,22,24). The molecule has 0 radical (unpaired) electrons. The number of anilines is 1. The third-order valence-electron chi connectivity index (χ3n) is 4.52. The van der Waals surface area contributed by atoms with E-state index in [1.165, 1.54) is 6.07 Å². The van der Waals surface area contributed by atoms with Gasteiger partial charge in [-0.3, -0.25) is 14.9 Å². The van der Waals surface area contributed by atoms with Crippen molar-refractivity contribution >= 4 is 34.0 Å². The Hall–Kier alpha value is -3.74. The number of amides is 1. The fourth-order valence-electron chi connectivity index (χ4n) is 2.90. The highest BCUT2D eigenvalue weighted by molar-refractivity contribution is 6.05. The number of fused-ring (bicyclic) bond motifs is 1. The molecule has 28 heavy (non-hydrogen) atoms. The minimum absolute atomic E-state index is 0.108. The van der Waals surface area contributed by atoms with Crippen LogP contribution in [0.25, 0.3) is 10.8 Å². The van der Waals surface area contributed by atoms with Crippen molar-refractivity contribution in [1.29, 1.82) is 0 Å². The topological polar surface area (TPSA) is 98.5 Å². The Balaban J connectivity index is 1.74. The number of nitro groups is 1. The Labute approximate surface area is 161 Å². The van der Waals surface area contributed by atoms with Crippen LogP contribution in [0.1, 0.15) is 21.5 Å². The summed E-state index contributed by atoms with van der Waals surface area (Å²) in [5.74, 6) is -1.28. The Morgan fingerprint density at radius 1 is 1.04 bits per heavy atom. The van der Waals surface area contributed by atoms with Crippen LogP contribution < -0.4 is 5.32 Å². The maximum Gasteiger partial charge on any atom is 0.339 e. The lowest BCUT2D eigenvalue weighted by molar-refractivity contribution is -0.384. The lowest BCUT2D eigenvalue weighted by atomic mass is 10.1. The van der Waals surface area contributed by atoms with E-state index in [4.69, 9.17) is 4.74 Å². The number of hydrogen-bond donors (Lipinski definition) is 1. The average Bonchev–Trinajstić information content (AvgIpc) is 2.69. The van der Waals surface area contributed by atoms with Crippen LogP contribution in [0.2, 0.25) is 0 Å². The molecule has 3 rings (SSSR count). The summed E-state index contributed by atoms with van der Waals surface area (Å²) in [6.07, 6.45) is 0. The third-order valence-corrected chi connectivity index (χ3v) is 4.52. The highest BCUT2D eigenvalue weighted by Crippen LogP contribution is 2.30. The molecule has 0 aromatic heterocycles. The van der Waals surface area contributed by atoms with E-state index in [2.05, 4.69) is 5.32 Å². The second-order valence-corrected chi connectivity index (χ2v) is 6.31. The molecule has 1 N–H and O–H groups in total. The number of rotatable bonds is 5. The number of nitrogens with one attached hydrogen (secondary N) is 1. The summed E-state index contributed by atoms with van der Waals surface area (Å²) in [5.41, 5.74) is 1.63. The zero-order valence-corrected chi connectivity index (χ0v) is 15.4. The van der Waals surface area contributed by atoms with E-state index in [0.29, 0.717) is 11.1 Å². The SMILES string of the molecule is Cc1ccc([N+](=O)[O-])c(NC(=O)COC(=O)c2cccc3ccccc23)c1C. The van der Waals surface area contributed by atoms with Gasteiger partial charge in [0.15, 0.2) is 6.61 Å². The van der Waals surface area contributed by atoms with Gasteiger partial charge in [0.2, 0.25) is 0 Å². The summed E-state index contributed by atoms with van der Waals surface area (Å²) < 4.78 is 5.12. The van der Waals surface area contributed by atoms with Crippen molar-refractivity contribution in [3.8, 4) is 0 Å². The smallest absolute Gasteiger partial charge is 0.339 e. The molecular formula is C21H18N2O5. The first-order valence-corrected chi connectivity index (χ1v) is 8.58. The highest BCUT2D eigenvalue weighted by Gasteiger charge is 2.20. The third kappa shape index (κ3) is 3.83. The summed E-state index contributed by atoms with van der Waals surface area (Å²) in [5, 5.41) is 15.3. The molecule has 3 aromatic carbocycles. The molecule has 7 heteroatoms. The van der Waals surface area contributed by atoms with Crippen molar-refractivity contribution in [2.24, 2.45) is 0 Å². The van der Waals surface area contributed by atoms with E-state index in [9.17, 15) is 19.7 Å². The first-order chi connectivity index (χ1) is 13.4. The minimum Gasteiger partial charge on any atom is -0.452 e. The first-order valence-electron chi connectivity index (χ1n) is 8.58. The summed E-state index contributed by atoms with van der Waals surface area (Å²) in [6.45, 7) is 2.92. The van der Waals surface area contributed by atoms with E-state index in [0.717, 1.165) is 16.3 Å². The average molecular weight is 378 g/mol. The van der Waals surface area contributed by atoms with Crippen LogP contribution in [-0.4, -0.2) is 23.4 Å². The molecule has 7 nitrogen and oxygen atoms in total. The molecule has 0 aliphatic carbocycles. The molecule has 0 unspecified atom stereocenters. The number of ether oxygens (including phenoxy) is 1. The Morgan fingerprint density at radius 2 is 1.75 bits per heavy atom. The van der Waals surface area contributed by atoms with Crippen LogP contribution in [0.4, 0.5) is 11.4 Å². The predicted octanol–water partition coefficient (Wildman–Crippen LogP) is 4.16. The van der Waals surface area contributed by atoms with Crippen LogP contribution in [0.5, 0.6) is 0 Å². The van der Waals surface area contributed by atoms with Gasteiger partial charge in [-0.1, -0.05) is 42.5 Å². The van der Waals surface area contributed by atoms with E-state index < -0.39 is 23.4 Å². The van der Waals surface area contributed by atoms with Crippen molar-refractivity contribution in [3.63, 3.8) is 0 Å². The van der Waals surface area contributed by atoms with Gasteiger partial charge in [0, 0.05) is 6.07 Å². The van der Waals surface area contributed by atoms with Gasteiger partial charge in [-0.05, 0) is 41.8 Å². The molecule has 0 saturated heterocycles. The van der Waals surface area contributed by atoms with Crippen LogP contribution in [0.3, 0.4) is 0 Å². The van der Waals surface area contributed by atoms with Crippen LogP contribution in [0, 0.1) is 24.0 Å². The number of carbonyl (C=O) groups excluding carboxylic acids is 2. The number of nitro benzene ring substituents is 1. The number of nitrogens with zero attached hydrogens (tertiary/aromatic N) is 1. The van der Waals surface area contributed by atoms with Gasteiger partial charge in [-0.15, -0.1) is 0 Å². The molecule has 0 saturated carbocycles. The van der Waals surface area contributed by atoms with Crippen LogP contribution in [-0.2, 0) is 9.53 Å². The van der Waals surface area contributed by atoms with Crippen molar-refractivity contribution in [2.45, 2.75) is 13.8 Å². The quantitative estimate of drug-likeness (QED) is 0.408. The van der Waals surface area contributed by atoms with Gasteiger partial charge in [0.25, 0.3) is 11.6 Å². The maximum absolute atomic E-state index is 12.4. The number of hydrogen-bond acceptors (Lipinski definition) is 5. The molecule has 142 valence electrons. The lowest BCUT2D eigenvalue weighted by Gasteiger charge is -2.12. The van der Waals surface area contributed by atoms with Crippen molar-refractivity contribution in [1.82, 2.24) is 0 Å². The van der Waals surface area contributed by atoms with E-state index >= 15 is 0 Å². The molecule has 0 aliphatic heterocycles. The Kier molecular flexibility index (Phi) is 5.35. The van der Waals surface area contributed by atoms with Gasteiger partial charge in [-0.2, -0.15) is 0 Å². The monoisotopic (exact) mass is 378 g/mol. The molecule has 0 aliphatic rings. The minimum atomic E-state index is -0.648. The number of aryl methyl sites for hydroxylation is 1. The second kappa shape index (κ2) is 7.87. The molecular weight excluding hydrogens is 360 g/mol. The van der Waals surface area contributed by atoms with Gasteiger partial charge in [0.05, 0.1) is 10.5 Å². The highest BCUT2D eigenvalue weighted by atomic mass is 16.6. The largest absolute Gasteiger partial charge is 0.452 e. The van der Waals surface area contributed by atoms with Gasteiger partial charge < -0.3 is 10.1 Å². The lowest BCUT2D eigenvalue weighted by Crippen LogP contribution is -2.22. The molecule has 3 aromatic rings. The fourth-order valence-corrected chi connectivity index (χ4v) is 2.90. The summed E-state index contributed by atoms with van der Waals surface area (Å²) >= 11 is 0. The molecule has 0 fully saturated rings. The number of esters is 1. The fraction of sp³-hybridized carbons (Fsp3) is 0.143. The van der Waals surface area contributed by atoms with Crippen molar-refractivity contribution in [3.05, 3.63) is 81.4 Å². The first kappa shape index (κ1) is 19.0. The van der Waals surface area contributed by atoms with Gasteiger partial charge >= 0.3 is 5.97 Å². The summed E-state index contributed by atoms with van der Waals surface area (Å²) in [7, 11) is 0. The summed E-state index contributed by atoms with van der Waals surface area (Å²) in [6, 6.07) is 15.5. The van der Waals surface area contributed by atoms with E-state index in [-0.39, 0.29) is 11.4 Å². The maximum atomic E-state index is 12.4. The van der Waals surface area contributed by atoms with Crippen molar-refractivity contribution < 1.29 is 19.2 Å². The zero-order chi connectivity index (χ0) is 20.3. The van der Waals surface area contributed by atoms with Crippen LogP contribution >= 0.6 is 0 Å². The van der Waals surface area contributed by atoms with Crippen molar-refractivity contribution in [2.75, 3.05) is 11.9 Å². The van der Waals surface area contributed by atoms with E-state index in [1.807, 2.05) is 24.3 Å². The van der Waals surface area contributed by atoms with Crippen LogP contribution in [0.15, 0.2) is 54.6 Å². The normalized spacial score (nSPS) is 10.5. The van der Waals surface area contributed by atoms with Gasteiger partial charge in [0.1, 0.15) is 5.69 Å². The molecule has 1 amide bonds. The number of carbonyl (C=O) groups is 2. The molecule has 0 heterocycles. The zero-order valence-electron chi connectivity index (χ0n) is 15.4.